The van der Waals surface area contributed by atoms with Crippen molar-refractivity contribution in [1.29, 1.82) is 0 Å². The Morgan fingerprint density at radius 1 is 1.25 bits per heavy atom. The first-order valence-electron chi connectivity index (χ1n) is 9.18. The van der Waals surface area contributed by atoms with Gasteiger partial charge in [0.2, 0.25) is 0 Å². The number of likely N-dealkylation sites (tertiary alicyclic amines) is 1. The highest BCUT2D eigenvalue weighted by Crippen LogP contribution is 2.51. The van der Waals surface area contributed by atoms with E-state index < -0.39 is 12.1 Å². The molecule has 4 rings (SSSR count). The number of carbonyl (C=O) groups excluding carboxylic acids is 1. The lowest BCUT2D eigenvalue weighted by Gasteiger charge is -2.29. The smallest absolute Gasteiger partial charge is 0.411 e. The minimum Gasteiger partial charge on any atom is -0.445 e. The second-order valence-electron chi connectivity index (χ2n) is 7.34. The fourth-order valence-electron chi connectivity index (χ4n) is 3.92. The Balaban J connectivity index is 1.57. The molecule has 1 amide bonds. The summed E-state index contributed by atoms with van der Waals surface area (Å²) in [5, 5.41) is 12.9. The van der Waals surface area contributed by atoms with Gasteiger partial charge in [-0.1, -0.05) is 47.6 Å². The van der Waals surface area contributed by atoms with Crippen molar-refractivity contribution < 1.29 is 19.1 Å². The Labute approximate surface area is 170 Å². The van der Waals surface area contributed by atoms with Crippen molar-refractivity contribution in [2.24, 2.45) is 5.16 Å². The fraction of sp³-hybridized carbons (Fsp3) is 0.333. The van der Waals surface area contributed by atoms with Gasteiger partial charge in [0, 0.05) is 12.8 Å². The minimum atomic E-state index is -0.528. The van der Waals surface area contributed by atoms with Gasteiger partial charge in [-0.05, 0) is 46.0 Å². The predicted molar refractivity (Wildman–Crippen MR) is 106 cm³/mol. The number of oxime groups is 1. The van der Waals surface area contributed by atoms with Crippen LogP contribution in [0.15, 0.2) is 58.2 Å². The SMILES string of the molecule is O=C(OCc1ccccc1)N1C(Cc2cccc(Br)c2F)/C(=N/O)CC12CC2. The minimum absolute atomic E-state index is 0.163. The molecule has 1 atom stereocenters. The molecule has 146 valence electrons. The average Bonchev–Trinajstić information content (AvgIpc) is 3.40. The van der Waals surface area contributed by atoms with Gasteiger partial charge in [0.1, 0.15) is 12.4 Å². The molecular formula is C21H20BrFN2O3. The zero-order valence-corrected chi connectivity index (χ0v) is 16.7. The van der Waals surface area contributed by atoms with Gasteiger partial charge >= 0.3 is 6.09 Å². The van der Waals surface area contributed by atoms with Gasteiger partial charge in [-0.2, -0.15) is 0 Å². The zero-order chi connectivity index (χ0) is 19.7. The van der Waals surface area contributed by atoms with E-state index in [2.05, 4.69) is 21.1 Å². The summed E-state index contributed by atoms with van der Waals surface area (Å²) in [5.74, 6) is -0.367. The summed E-state index contributed by atoms with van der Waals surface area (Å²) >= 11 is 3.20. The topological polar surface area (TPSA) is 62.1 Å². The molecule has 1 spiro atoms. The number of benzene rings is 2. The molecular weight excluding hydrogens is 427 g/mol. The lowest BCUT2D eigenvalue weighted by atomic mass is 10.0. The van der Waals surface area contributed by atoms with Crippen LogP contribution in [0.1, 0.15) is 30.4 Å². The Bertz CT molecular complexity index is 915. The molecule has 0 bridgehead atoms. The zero-order valence-electron chi connectivity index (χ0n) is 15.1. The third kappa shape index (κ3) is 3.51. The molecule has 1 N–H and O–H groups in total. The Hall–Kier alpha value is -2.41. The number of ether oxygens (including phenoxy) is 1. The van der Waals surface area contributed by atoms with Crippen LogP contribution in [-0.4, -0.2) is 33.5 Å². The van der Waals surface area contributed by atoms with E-state index in [-0.39, 0.29) is 24.4 Å². The van der Waals surface area contributed by atoms with Gasteiger partial charge in [-0.15, -0.1) is 0 Å². The van der Waals surface area contributed by atoms with Crippen LogP contribution in [0, 0.1) is 5.82 Å². The van der Waals surface area contributed by atoms with E-state index in [1.165, 1.54) is 0 Å². The second kappa shape index (κ2) is 7.54. The maximum absolute atomic E-state index is 14.5. The van der Waals surface area contributed by atoms with Crippen LogP contribution < -0.4 is 0 Å². The van der Waals surface area contributed by atoms with Crippen LogP contribution in [0.4, 0.5) is 9.18 Å². The van der Waals surface area contributed by atoms with E-state index in [1.807, 2.05) is 30.3 Å². The van der Waals surface area contributed by atoms with Gasteiger partial charge in [0.25, 0.3) is 0 Å². The number of rotatable bonds is 4. The fourth-order valence-corrected chi connectivity index (χ4v) is 4.32. The van der Waals surface area contributed by atoms with E-state index in [9.17, 15) is 14.4 Å². The summed E-state index contributed by atoms with van der Waals surface area (Å²) < 4.78 is 20.4. The van der Waals surface area contributed by atoms with Crippen molar-refractivity contribution in [3.8, 4) is 0 Å². The standard InChI is InChI=1S/C21H20BrFN2O3/c22-16-8-4-7-15(19(16)23)11-18-17(24-27)12-21(9-10-21)25(18)20(26)28-13-14-5-2-1-3-6-14/h1-8,18,27H,9-13H2/b24-17+. The molecule has 1 saturated heterocycles. The molecule has 1 aliphatic carbocycles. The van der Waals surface area contributed by atoms with Gasteiger partial charge in [0.15, 0.2) is 0 Å². The van der Waals surface area contributed by atoms with Crippen LogP contribution in [0.25, 0.3) is 0 Å². The molecule has 2 fully saturated rings. The number of hydrogen-bond acceptors (Lipinski definition) is 4. The third-order valence-electron chi connectivity index (χ3n) is 5.52. The molecule has 2 aromatic rings. The highest BCUT2D eigenvalue weighted by molar-refractivity contribution is 9.10. The van der Waals surface area contributed by atoms with Gasteiger partial charge < -0.3 is 9.94 Å². The maximum atomic E-state index is 14.5. The summed E-state index contributed by atoms with van der Waals surface area (Å²) in [7, 11) is 0. The molecule has 0 aromatic heterocycles. The number of hydrogen-bond donors (Lipinski definition) is 1. The van der Waals surface area contributed by atoms with E-state index in [0.29, 0.717) is 22.2 Å². The predicted octanol–water partition coefficient (Wildman–Crippen LogP) is 4.90. The molecule has 1 aliphatic heterocycles. The lowest BCUT2D eigenvalue weighted by Crippen LogP contribution is -2.45. The van der Waals surface area contributed by atoms with Crippen LogP contribution >= 0.6 is 15.9 Å². The van der Waals surface area contributed by atoms with E-state index >= 15 is 0 Å². The highest BCUT2D eigenvalue weighted by atomic mass is 79.9. The van der Waals surface area contributed by atoms with E-state index in [0.717, 1.165) is 18.4 Å². The average molecular weight is 447 g/mol. The molecule has 2 aromatic carbocycles. The Morgan fingerprint density at radius 3 is 2.68 bits per heavy atom. The first-order chi connectivity index (χ1) is 13.5. The summed E-state index contributed by atoms with van der Waals surface area (Å²) in [4.78, 5) is 14.6. The Morgan fingerprint density at radius 2 is 2.00 bits per heavy atom. The maximum Gasteiger partial charge on any atom is 0.411 e. The number of amides is 1. The molecule has 1 heterocycles. The van der Waals surface area contributed by atoms with Gasteiger partial charge in [0.05, 0.1) is 21.8 Å². The van der Waals surface area contributed by atoms with Crippen molar-refractivity contribution in [3.63, 3.8) is 0 Å². The van der Waals surface area contributed by atoms with Crippen LogP contribution in [-0.2, 0) is 17.8 Å². The molecule has 0 radical (unpaired) electrons. The normalized spacial score (nSPS) is 21.3. The molecule has 1 unspecified atom stereocenters. The number of carbonyl (C=O) groups is 1. The van der Waals surface area contributed by atoms with Crippen LogP contribution in [0.2, 0.25) is 0 Å². The third-order valence-corrected chi connectivity index (χ3v) is 6.13. The summed E-state index contributed by atoms with van der Waals surface area (Å²) in [5.41, 5.74) is 1.47. The van der Waals surface area contributed by atoms with E-state index in [1.54, 1.807) is 23.1 Å². The highest BCUT2D eigenvalue weighted by Gasteiger charge is 2.60. The van der Waals surface area contributed by atoms with Crippen molar-refractivity contribution in [2.45, 2.75) is 43.9 Å². The van der Waals surface area contributed by atoms with Crippen molar-refractivity contribution in [3.05, 3.63) is 69.9 Å². The number of nitrogens with zero attached hydrogens (tertiary/aromatic N) is 2. The molecule has 5 nitrogen and oxygen atoms in total. The van der Waals surface area contributed by atoms with Crippen molar-refractivity contribution in [2.75, 3.05) is 0 Å². The van der Waals surface area contributed by atoms with Crippen molar-refractivity contribution >= 4 is 27.7 Å². The van der Waals surface area contributed by atoms with Crippen LogP contribution in [0.3, 0.4) is 0 Å². The Kier molecular flexibility index (Phi) is 5.10. The molecule has 1 saturated carbocycles. The van der Waals surface area contributed by atoms with Gasteiger partial charge in [-0.3, -0.25) is 4.90 Å². The van der Waals surface area contributed by atoms with Crippen LogP contribution in [0.5, 0.6) is 0 Å². The molecule has 28 heavy (non-hydrogen) atoms. The molecule has 2 aliphatic rings. The van der Waals surface area contributed by atoms with E-state index in [4.69, 9.17) is 4.74 Å². The largest absolute Gasteiger partial charge is 0.445 e. The second-order valence-corrected chi connectivity index (χ2v) is 8.19. The summed E-state index contributed by atoms with van der Waals surface area (Å²) in [6, 6.07) is 14.0. The quantitative estimate of drug-likeness (QED) is 0.536. The summed E-state index contributed by atoms with van der Waals surface area (Å²) in [6.45, 7) is 0.163. The monoisotopic (exact) mass is 446 g/mol. The van der Waals surface area contributed by atoms with Crippen molar-refractivity contribution in [1.82, 2.24) is 4.90 Å². The first kappa shape index (κ1) is 18.9. The number of halogens is 2. The lowest BCUT2D eigenvalue weighted by molar-refractivity contribution is 0.0761. The molecule has 7 heteroatoms. The first-order valence-corrected chi connectivity index (χ1v) is 9.97. The summed E-state index contributed by atoms with van der Waals surface area (Å²) in [6.07, 6.45) is 1.91. The van der Waals surface area contributed by atoms with Gasteiger partial charge in [-0.25, -0.2) is 9.18 Å².